The molecule has 0 bridgehead atoms. The smallest absolute Gasteiger partial charge is 0.354 e. The summed E-state index contributed by atoms with van der Waals surface area (Å²) in [5.74, 6) is -0.389. The van der Waals surface area contributed by atoms with E-state index in [2.05, 4.69) is 4.98 Å². The van der Waals surface area contributed by atoms with Gasteiger partial charge in [0.05, 0.1) is 26.9 Å². The molecule has 1 N–H and O–H groups in total. The van der Waals surface area contributed by atoms with Gasteiger partial charge in [0.25, 0.3) is 0 Å². The van der Waals surface area contributed by atoms with Crippen LogP contribution in [0.5, 0.6) is 0 Å². The van der Waals surface area contributed by atoms with Gasteiger partial charge >= 0.3 is 5.97 Å². The fourth-order valence-corrected chi connectivity index (χ4v) is 2.42. The molecule has 2 heterocycles. The monoisotopic (exact) mass is 261 g/mol. The third-order valence-electron chi connectivity index (χ3n) is 3.27. The number of rotatable bonds is 2. The lowest BCUT2D eigenvalue weighted by molar-refractivity contribution is -0.0898. The largest absolute Gasteiger partial charge is 0.464 e. The van der Waals surface area contributed by atoms with Crippen LogP contribution in [-0.4, -0.2) is 37.9 Å². The van der Waals surface area contributed by atoms with Crippen molar-refractivity contribution in [2.24, 2.45) is 0 Å². The van der Waals surface area contributed by atoms with Gasteiger partial charge in [-0.2, -0.15) is 0 Å². The van der Waals surface area contributed by atoms with E-state index in [-0.39, 0.29) is 12.1 Å². The number of carbonyl (C=O) groups is 1. The zero-order valence-electron chi connectivity index (χ0n) is 10.6. The van der Waals surface area contributed by atoms with Crippen LogP contribution in [0, 0.1) is 0 Å². The van der Waals surface area contributed by atoms with E-state index < -0.39 is 0 Å². The van der Waals surface area contributed by atoms with Gasteiger partial charge in [0.1, 0.15) is 11.8 Å². The maximum absolute atomic E-state index is 11.9. The molecule has 0 saturated carbocycles. The number of fused-ring (bicyclic) bond motifs is 1. The van der Waals surface area contributed by atoms with Gasteiger partial charge in [0.15, 0.2) is 0 Å². The molecule has 100 valence electrons. The molecule has 1 aliphatic heterocycles. The average molecular weight is 261 g/mol. The fourth-order valence-electron chi connectivity index (χ4n) is 2.42. The number of carbonyl (C=O) groups excluding carboxylic acids is 1. The van der Waals surface area contributed by atoms with Crippen molar-refractivity contribution in [3.8, 4) is 0 Å². The Bertz CT molecular complexity index is 599. The molecule has 1 unspecified atom stereocenters. The van der Waals surface area contributed by atoms with Gasteiger partial charge in [-0.1, -0.05) is 18.2 Å². The van der Waals surface area contributed by atoms with E-state index in [1.54, 1.807) is 0 Å². The van der Waals surface area contributed by atoms with Crippen molar-refractivity contribution in [2.75, 3.05) is 26.9 Å². The molecule has 19 heavy (non-hydrogen) atoms. The van der Waals surface area contributed by atoms with E-state index in [0.29, 0.717) is 25.5 Å². The van der Waals surface area contributed by atoms with Crippen LogP contribution in [0.4, 0.5) is 0 Å². The first-order valence-electron chi connectivity index (χ1n) is 6.19. The summed E-state index contributed by atoms with van der Waals surface area (Å²) >= 11 is 0. The standard InChI is InChI=1S/C14H15NO4/c1-17-14(16)13-12(11-8-18-6-7-19-11)9-4-2-3-5-10(9)15-13/h2-5,11,15H,6-8H2,1H3. The van der Waals surface area contributed by atoms with Crippen LogP contribution in [0.25, 0.3) is 10.9 Å². The Kier molecular flexibility index (Phi) is 3.23. The number of H-pyrrole nitrogens is 1. The molecule has 1 aromatic carbocycles. The summed E-state index contributed by atoms with van der Waals surface area (Å²) in [6, 6.07) is 7.74. The second-order valence-corrected chi connectivity index (χ2v) is 4.39. The van der Waals surface area contributed by atoms with Gasteiger partial charge in [-0.25, -0.2) is 4.79 Å². The molecule has 0 radical (unpaired) electrons. The number of ether oxygens (including phenoxy) is 3. The summed E-state index contributed by atoms with van der Waals surface area (Å²) in [5, 5.41) is 0.971. The van der Waals surface area contributed by atoms with E-state index in [1.165, 1.54) is 7.11 Å². The van der Waals surface area contributed by atoms with Gasteiger partial charge in [-0.3, -0.25) is 0 Å². The van der Waals surface area contributed by atoms with E-state index in [4.69, 9.17) is 14.2 Å². The van der Waals surface area contributed by atoms with Crippen LogP contribution < -0.4 is 0 Å². The first-order valence-corrected chi connectivity index (χ1v) is 6.19. The van der Waals surface area contributed by atoms with Crippen LogP contribution >= 0.6 is 0 Å². The number of aromatic amines is 1. The van der Waals surface area contributed by atoms with Gasteiger partial charge in [0, 0.05) is 16.5 Å². The minimum Gasteiger partial charge on any atom is -0.464 e. The van der Waals surface area contributed by atoms with Crippen molar-refractivity contribution >= 4 is 16.9 Å². The molecule has 5 heteroatoms. The van der Waals surface area contributed by atoms with Gasteiger partial charge in [-0.05, 0) is 6.07 Å². The van der Waals surface area contributed by atoms with Crippen molar-refractivity contribution < 1.29 is 19.0 Å². The van der Waals surface area contributed by atoms with Crippen molar-refractivity contribution in [1.82, 2.24) is 4.98 Å². The Morgan fingerprint density at radius 3 is 2.95 bits per heavy atom. The van der Waals surface area contributed by atoms with Gasteiger partial charge < -0.3 is 19.2 Å². The van der Waals surface area contributed by atoms with Crippen LogP contribution in [0.1, 0.15) is 22.2 Å². The fraction of sp³-hybridized carbons (Fsp3) is 0.357. The third kappa shape index (κ3) is 2.11. The number of aromatic nitrogens is 1. The van der Waals surface area contributed by atoms with E-state index in [1.807, 2.05) is 24.3 Å². The minimum absolute atomic E-state index is 0.237. The maximum atomic E-state index is 11.9. The normalized spacial score (nSPS) is 19.5. The molecule has 1 aliphatic rings. The topological polar surface area (TPSA) is 60.6 Å². The lowest BCUT2D eigenvalue weighted by Gasteiger charge is -2.23. The molecule has 1 saturated heterocycles. The average Bonchev–Trinajstić information content (AvgIpc) is 2.86. The second kappa shape index (κ2) is 5.03. The maximum Gasteiger partial charge on any atom is 0.354 e. The van der Waals surface area contributed by atoms with E-state index in [0.717, 1.165) is 16.5 Å². The third-order valence-corrected chi connectivity index (χ3v) is 3.27. The Morgan fingerprint density at radius 1 is 1.37 bits per heavy atom. The van der Waals surface area contributed by atoms with Crippen molar-refractivity contribution in [1.29, 1.82) is 0 Å². The molecule has 0 amide bonds. The van der Waals surface area contributed by atoms with Gasteiger partial charge in [-0.15, -0.1) is 0 Å². The quantitative estimate of drug-likeness (QED) is 0.840. The highest BCUT2D eigenvalue weighted by Crippen LogP contribution is 2.32. The number of esters is 1. The molecule has 2 aromatic rings. The number of methoxy groups -OCH3 is 1. The molecule has 1 fully saturated rings. The number of hydrogen-bond donors (Lipinski definition) is 1. The Hall–Kier alpha value is -1.85. The molecule has 0 aliphatic carbocycles. The summed E-state index contributed by atoms with van der Waals surface area (Å²) in [6.45, 7) is 1.57. The summed E-state index contributed by atoms with van der Waals surface area (Å²) < 4.78 is 16.0. The summed E-state index contributed by atoms with van der Waals surface area (Å²) in [7, 11) is 1.37. The minimum atomic E-state index is -0.389. The van der Waals surface area contributed by atoms with Crippen molar-refractivity contribution in [3.05, 3.63) is 35.5 Å². The van der Waals surface area contributed by atoms with Crippen LogP contribution in [0.3, 0.4) is 0 Å². The number of benzene rings is 1. The molecular weight excluding hydrogens is 246 g/mol. The molecule has 1 atom stereocenters. The molecule has 0 spiro atoms. The molecule has 5 nitrogen and oxygen atoms in total. The SMILES string of the molecule is COC(=O)c1[nH]c2ccccc2c1C1COCCO1. The molecule has 3 rings (SSSR count). The number of nitrogens with one attached hydrogen (secondary N) is 1. The summed E-state index contributed by atoms with van der Waals surface area (Å²) in [6.07, 6.45) is -0.237. The highest BCUT2D eigenvalue weighted by Gasteiger charge is 2.27. The summed E-state index contributed by atoms with van der Waals surface area (Å²) in [5.41, 5.74) is 2.16. The van der Waals surface area contributed by atoms with E-state index >= 15 is 0 Å². The zero-order chi connectivity index (χ0) is 13.2. The van der Waals surface area contributed by atoms with E-state index in [9.17, 15) is 4.79 Å². The first-order chi connectivity index (χ1) is 9.31. The predicted octanol–water partition coefficient (Wildman–Crippen LogP) is 2.04. The van der Waals surface area contributed by atoms with Gasteiger partial charge in [0.2, 0.25) is 0 Å². The van der Waals surface area contributed by atoms with Crippen LogP contribution in [0.15, 0.2) is 24.3 Å². The number of para-hydroxylation sites is 1. The van der Waals surface area contributed by atoms with Crippen molar-refractivity contribution in [3.63, 3.8) is 0 Å². The van der Waals surface area contributed by atoms with Crippen LogP contribution in [0.2, 0.25) is 0 Å². The lowest BCUT2D eigenvalue weighted by Crippen LogP contribution is -2.23. The molecule has 1 aromatic heterocycles. The summed E-state index contributed by atoms with van der Waals surface area (Å²) in [4.78, 5) is 15.0. The highest BCUT2D eigenvalue weighted by atomic mass is 16.6. The predicted molar refractivity (Wildman–Crippen MR) is 69.2 cm³/mol. The highest BCUT2D eigenvalue weighted by molar-refractivity contribution is 5.98. The Morgan fingerprint density at radius 2 is 2.21 bits per heavy atom. The van der Waals surface area contributed by atoms with Crippen molar-refractivity contribution in [2.45, 2.75) is 6.10 Å². The Labute approximate surface area is 110 Å². The number of hydrogen-bond acceptors (Lipinski definition) is 4. The van der Waals surface area contributed by atoms with Crippen LogP contribution in [-0.2, 0) is 14.2 Å². The Balaban J connectivity index is 2.15. The first kappa shape index (κ1) is 12.2. The lowest BCUT2D eigenvalue weighted by atomic mass is 10.0. The molecular formula is C14H15NO4. The zero-order valence-corrected chi connectivity index (χ0v) is 10.6. The second-order valence-electron chi connectivity index (χ2n) is 4.39.